The normalized spacial score (nSPS) is 15.5. The molecule has 0 saturated carbocycles. The van der Waals surface area contributed by atoms with Crippen molar-refractivity contribution >= 4 is 21.6 Å². The lowest BCUT2D eigenvalue weighted by Crippen LogP contribution is -2.51. The summed E-state index contributed by atoms with van der Waals surface area (Å²) < 4.78 is 29.9. The molecule has 9 heteroatoms. The quantitative estimate of drug-likeness (QED) is 0.785. The van der Waals surface area contributed by atoms with Crippen molar-refractivity contribution in [3.8, 4) is 11.8 Å². The summed E-state index contributed by atoms with van der Waals surface area (Å²) in [5, 5.41) is 12.0. The van der Waals surface area contributed by atoms with E-state index in [0.29, 0.717) is 49.8 Å². The van der Waals surface area contributed by atoms with Crippen LogP contribution in [0.2, 0.25) is 0 Å². The van der Waals surface area contributed by atoms with E-state index in [1.807, 2.05) is 6.92 Å². The van der Waals surface area contributed by atoms with Crippen LogP contribution in [0.4, 0.5) is 5.69 Å². The Morgan fingerprint density at radius 2 is 2.00 bits per heavy atom. The van der Waals surface area contributed by atoms with Gasteiger partial charge in [0.15, 0.2) is 0 Å². The van der Waals surface area contributed by atoms with Crippen LogP contribution in [0.5, 0.6) is 5.75 Å². The van der Waals surface area contributed by atoms with Crippen LogP contribution >= 0.6 is 0 Å². The third-order valence-corrected chi connectivity index (χ3v) is 5.20. The second kappa shape index (κ2) is 8.18. The van der Waals surface area contributed by atoms with Crippen molar-refractivity contribution < 1.29 is 17.9 Å². The predicted octanol–water partition coefficient (Wildman–Crippen LogP) is 0.473. The zero-order valence-electron chi connectivity index (χ0n) is 14.4. The Morgan fingerprint density at radius 1 is 1.32 bits per heavy atom. The van der Waals surface area contributed by atoms with Gasteiger partial charge >= 0.3 is 0 Å². The molecule has 0 aliphatic carbocycles. The Bertz CT molecular complexity index is 765. The van der Waals surface area contributed by atoms with Crippen LogP contribution in [0.1, 0.15) is 12.5 Å². The number of ether oxygens (including phenoxy) is 1. The summed E-state index contributed by atoms with van der Waals surface area (Å²) in [4.78, 5) is 14.0. The van der Waals surface area contributed by atoms with Crippen LogP contribution < -0.4 is 10.1 Å². The molecule has 1 aromatic carbocycles. The zero-order valence-corrected chi connectivity index (χ0v) is 15.2. The Labute approximate surface area is 148 Å². The van der Waals surface area contributed by atoms with Crippen LogP contribution in [0.25, 0.3) is 0 Å². The van der Waals surface area contributed by atoms with Gasteiger partial charge in [-0.1, -0.05) is 0 Å². The second-order valence-corrected chi connectivity index (χ2v) is 7.63. The van der Waals surface area contributed by atoms with Crippen LogP contribution in [0.15, 0.2) is 18.2 Å². The highest BCUT2D eigenvalue weighted by Crippen LogP contribution is 2.25. The highest BCUT2D eigenvalue weighted by molar-refractivity contribution is 7.88. The maximum absolute atomic E-state index is 12.3. The standard InChI is InChI=1S/C16H22N4O4S/c1-3-24-15-5-4-13(11-17)10-14(15)18-12-16(21)19-6-8-20(9-7-19)25(2,22)23/h4-5,10,18H,3,6-9,12H2,1-2H3. The molecule has 1 aliphatic heterocycles. The lowest BCUT2D eigenvalue weighted by Gasteiger charge is -2.33. The first-order chi connectivity index (χ1) is 11.8. The minimum atomic E-state index is -3.22. The summed E-state index contributed by atoms with van der Waals surface area (Å²) in [6.07, 6.45) is 1.17. The van der Waals surface area contributed by atoms with E-state index in [1.165, 1.54) is 10.6 Å². The fraction of sp³-hybridized carbons (Fsp3) is 0.500. The molecule has 0 radical (unpaired) electrons. The lowest BCUT2D eigenvalue weighted by molar-refractivity contribution is -0.130. The summed E-state index contributed by atoms with van der Waals surface area (Å²) in [6, 6.07) is 7.04. The molecule has 8 nitrogen and oxygen atoms in total. The number of nitrogens with one attached hydrogen (secondary N) is 1. The van der Waals surface area contributed by atoms with Gasteiger partial charge in [-0.25, -0.2) is 8.42 Å². The summed E-state index contributed by atoms with van der Waals surface area (Å²) in [7, 11) is -3.22. The number of benzene rings is 1. The third-order valence-electron chi connectivity index (χ3n) is 3.90. The summed E-state index contributed by atoms with van der Waals surface area (Å²) in [5.41, 5.74) is 1.06. The number of nitrogens with zero attached hydrogens (tertiary/aromatic N) is 3. The van der Waals surface area contributed by atoms with Gasteiger partial charge in [-0.05, 0) is 25.1 Å². The molecule has 1 aliphatic rings. The van der Waals surface area contributed by atoms with E-state index in [0.717, 1.165) is 0 Å². The number of amides is 1. The molecule has 1 fully saturated rings. The summed E-state index contributed by atoms with van der Waals surface area (Å²) in [5.74, 6) is 0.453. The molecule has 0 atom stereocenters. The Balaban J connectivity index is 1.95. The van der Waals surface area contributed by atoms with Crippen LogP contribution in [0, 0.1) is 11.3 Å². The van der Waals surface area contributed by atoms with Crippen molar-refractivity contribution in [3.63, 3.8) is 0 Å². The molecule has 1 amide bonds. The van der Waals surface area contributed by atoms with Crippen molar-refractivity contribution in [1.82, 2.24) is 9.21 Å². The Kier molecular flexibility index (Phi) is 6.22. The molecule has 0 spiro atoms. The second-order valence-electron chi connectivity index (χ2n) is 5.65. The van der Waals surface area contributed by atoms with Crippen LogP contribution in [0.3, 0.4) is 0 Å². The maximum atomic E-state index is 12.3. The van der Waals surface area contributed by atoms with E-state index in [1.54, 1.807) is 23.1 Å². The summed E-state index contributed by atoms with van der Waals surface area (Å²) >= 11 is 0. The average molecular weight is 366 g/mol. The number of carbonyl (C=O) groups is 1. The molecule has 136 valence electrons. The fourth-order valence-electron chi connectivity index (χ4n) is 2.57. The van der Waals surface area contributed by atoms with E-state index in [2.05, 4.69) is 11.4 Å². The molecular formula is C16H22N4O4S. The number of anilines is 1. The van der Waals surface area contributed by atoms with E-state index >= 15 is 0 Å². The highest BCUT2D eigenvalue weighted by Gasteiger charge is 2.25. The van der Waals surface area contributed by atoms with E-state index in [4.69, 9.17) is 10.00 Å². The first kappa shape index (κ1) is 19.0. The highest BCUT2D eigenvalue weighted by atomic mass is 32.2. The third kappa shape index (κ3) is 5.08. The predicted molar refractivity (Wildman–Crippen MR) is 93.8 cm³/mol. The molecule has 0 unspecified atom stereocenters. The van der Waals surface area contributed by atoms with Crippen molar-refractivity contribution in [2.45, 2.75) is 6.92 Å². The average Bonchev–Trinajstić information content (AvgIpc) is 2.60. The minimum Gasteiger partial charge on any atom is -0.492 e. The van der Waals surface area contributed by atoms with Crippen molar-refractivity contribution in [1.29, 1.82) is 5.26 Å². The number of hydrogen-bond acceptors (Lipinski definition) is 6. The van der Waals surface area contributed by atoms with Gasteiger partial charge in [0.05, 0.1) is 36.7 Å². The van der Waals surface area contributed by atoms with Gasteiger partial charge in [0.2, 0.25) is 15.9 Å². The van der Waals surface area contributed by atoms with Crippen molar-refractivity contribution in [2.75, 3.05) is 50.9 Å². The topological polar surface area (TPSA) is 103 Å². The molecule has 25 heavy (non-hydrogen) atoms. The monoisotopic (exact) mass is 366 g/mol. The zero-order chi connectivity index (χ0) is 18.4. The van der Waals surface area contributed by atoms with E-state index in [-0.39, 0.29) is 12.5 Å². The van der Waals surface area contributed by atoms with Crippen molar-refractivity contribution in [2.24, 2.45) is 0 Å². The van der Waals surface area contributed by atoms with Gasteiger partial charge in [-0.3, -0.25) is 4.79 Å². The fourth-order valence-corrected chi connectivity index (χ4v) is 3.40. The lowest BCUT2D eigenvalue weighted by atomic mass is 10.2. The molecule has 1 aromatic rings. The van der Waals surface area contributed by atoms with Crippen molar-refractivity contribution in [3.05, 3.63) is 23.8 Å². The first-order valence-electron chi connectivity index (χ1n) is 7.99. The number of carbonyl (C=O) groups excluding carboxylic acids is 1. The minimum absolute atomic E-state index is 0.0494. The van der Waals surface area contributed by atoms with Gasteiger partial charge < -0.3 is 15.0 Å². The van der Waals surface area contributed by atoms with Gasteiger partial charge in [0.25, 0.3) is 0 Å². The van der Waals surface area contributed by atoms with Crippen LogP contribution in [-0.4, -0.2) is 69.1 Å². The number of rotatable bonds is 6. The Morgan fingerprint density at radius 3 is 2.56 bits per heavy atom. The number of sulfonamides is 1. The number of hydrogen-bond donors (Lipinski definition) is 1. The van der Waals surface area contributed by atoms with Crippen LogP contribution in [-0.2, 0) is 14.8 Å². The molecule has 1 heterocycles. The molecule has 1 N–H and O–H groups in total. The first-order valence-corrected chi connectivity index (χ1v) is 9.83. The molecular weight excluding hydrogens is 344 g/mol. The smallest absolute Gasteiger partial charge is 0.241 e. The number of piperazine rings is 1. The van der Waals surface area contributed by atoms with Gasteiger partial charge in [-0.15, -0.1) is 0 Å². The van der Waals surface area contributed by atoms with Gasteiger partial charge in [-0.2, -0.15) is 9.57 Å². The molecule has 0 aromatic heterocycles. The SMILES string of the molecule is CCOc1ccc(C#N)cc1NCC(=O)N1CCN(S(C)(=O)=O)CC1. The Hall–Kier alpha value is -2.31. The van der Waals surface area contributed by atoms with E-state index < -0.39 is 10.0 Å². The largest absolute Gasteiger partial charge is 0.492 e. The molecule has 0 bridgehead atoms. The molecule has 2 rings (SSSR count). The maximum Gasteiger partial charge on any atom is 0.241 e. The van der Waals surface area contributed by atoms with Gasteiger partial charge in [0.1, 0.15) is 5.75 Å². The summed E-state index contributed by atoms with van der Waals surface area (Å²) in [6.45, 7) is 3.72. The number of nitriles is 1. The van der Waals surface area contributed by atoms with E-state index in [9.17, 15) is 13.2 Å². The molecule has 1 saturated heterocycles. The van der Waals surface area contributed by atoms with Gasteiger partial charge in [0, 0.05) is 26.2 Å².